The van der Waals surface area contributed by atoms with E-state index >= 15 is 0 Å². The quantitative estimate of drug-likeness (QED) is 0.864. The predicted molar refractivity (Wildman–Crippen MR) is 78.0 cm³/mol. The lowest BCUT2D eigenvalue weighted by Gasteiger charge is -2.14. The standard InChI is InChI=1S/C16H23NO3/c1-4-5-13(18)9-17-16(19)15-8-12-6-10(2)11(3)7-14(12)20-15/h6-7,13,15,18H,4-5,8-9H2,1-3H3,(H,17,19). The van der Waals surface area contributed by atoms with Crippen LogP contribution in [-0.4, -0.2) is 29.8 Å². The Bertz CT molecular complexity index is 468. The third-order valence-corrected chi connectivity index (χ3v) is 3.78. The molecule has 2 unspecified atom stereocenters. The fraction of sp³-hybridized carbons (Fsp3) is 0.562. The molecular weight excluding hydrogens is 254 g/mol. The van der Waals surface area contributed by atoms with Gasteiger partial charge < -0.3 is 15.2 Å². The first-order chi connectivity index (χ1) is 9.51. The number of aryl methyl sites for hydroxylation is 2. The molecule has 110 valence electrons. The van der Waals surface area contributed by atoms with E-state index in [0.29, 0.717) is 19.4 Å². The van der Waals surface area contributed by atoms with Crippen molar-refractivity contribution in [1.29, 1.82) is 0 Å². The Hall–Kier alpha value is -1.55. The van der Waals surface area contributed by atoms with Gasteiger partial charge in [0.25, 0.3) is 5.91 Å². The number of amides is 1. The lowest BCUT2D eigenvalue weighted by atomic mass is 10.0. The van der Waals surface area contributed by atoms with Gasteiger partial charge in [-0.25, -0.2) is 0 Å². The number of aliphatic hydroxyl groups is 1. The van der Waals surface area contributed by atoms with Gasteiger partial charge in [0.2, 0.25) is 0 Å². The van der Waals surface area contributed by atoms with Gasteiger partial charge in [-0.15, -0.1) is 0 Å². The lowest BCUT2D eigenvalue weighted by Crippen LogP contribution is -2.41. The van der Waals surface area contributed by atoms with Gasteiger partial charge in [-0.1, -0.05) is 19.4 Å². The van der Waals surface area contributed by atoms with Gasteiger partial charge in [0.15, 0.2) is 6.10 Å². The second-order valence-electron chi connectivity index (χ2n) is 5.54. The second kappa shape index (κ2) is 6.27. The minimum atomic E-state index is -0.475. The third-order valence-electron chi connectivity index (χ3n) is 3.78. The molecule has 1 aromatic carbocycles. The molecule has 0 aromatic heterocycles. The fourth-order valence-electron chi connectivity index (χ4n) is 2.43. The van der Waals surface area contributed by atoms with E-state index in [1.807, 2.05) is 19.9 Å². The van der Waals surface area contributed by atoms with E-state index in [2.05, 4.69) is 18.3 Å². The second-order valence-corrected chi connectivity index (χ2v) is 5.54. The lowest BCUT2D eigenvalue weighted by molar-refractivity contribution is -0.127. The summed E-state index contributed by atoms with van der Waals surface area (Å²) >= 11 is 0. The topological polar surface area (TPSA) is 58.6 Å². The molecule has 0 saturated carbocycles. The molecule has 20 heavy (non-hydrogen) atoms. The van der Waals surface area contributed by atoms with E-state index in [1.165, 1.54) is 11.1 Å². The minimum absolute atomic E-state index is 0.147. The molecule has 1 amide bonds. The largest absolute Gasteiger partial charge is 0.480 e. The maximum Gasteiger partial charge on any atom is 0.261 e. The van der Waals surface area contributed by atoms with Crippen molar-refractivity contribution in [2.45, 2.75) is 52.2 Å². The zero-order valence-electron chi connectivity index (χ0n) is 12.4. The Labute approximate surface area is 120 Å². The van der Waals surface area contributed by atoms with Gasteiger partial charge in [0, 0.05) is 13.0 Å². The van der Waals surface area contributed by atoms with Gasteiger partial charge >= 0.3 is 0 Å². The minimum Gasteiger partial charge on any atom is -0.480 e. The van der Waals surface area contributed by atoms with Crippen molar-refractivity contribution in [3.63, 3.8) is 0 Å². The molecule has 0 spiro atoms. The average Bonchev–Trinajstić information content (AvgIpc) is 2.80. The van der Waals surface area contributed by atoms with Crippen molar-refractivity contribution >= 4 is 5.91 Å². The van der Waals surface area contributed by atoms with Crippen LogP contribution in [0, 0.1) is 13.8 Å². The highest BCUT2D eigenvalue weighted by Gasteiger charge is 2.29. The van der Waals surface area contributed by atoms with Gasteiger partial charge in [-0.3, -0.25) is 4.79 Å². The van der Waals surface area contributed by atoms with Crippen LogP contribution in [0.1, 0.15) is 36.5 Å². The van der Waals surface area contributed by atoms with Crippen molar-refractivity contribution < 1.29 is 14.6 Å². The predicted octanol–water partition coefficient (Wildman–Crippen LogP) is 1.88. The Morgan fingerprint density at radius 2 is 2.15 bits per heavy atom. The fourth-order valence-corrected chi connectivity index (χ4v) is 2.43. The van der Waals surface area contributed by atoms with E-state index in [0.717, 1.165) is 17.7 Å². The number of rotatable bonds is 5. The first-order valence-corrected chi connectivity index (χ1v) is 7.23. The number of aliphatic hydroxyl groups excluding tert-OH is 1. The molecule has 0 bridgehead atoms. The summed E-state index contributed by atoms with van der Waals surface area (Å²) in [6.07, 6.45) is 1.26. The van der Waals surface area contributed by atoms with Crippen LogP contribution in [0.25, 0.3) is 0 Å². The number of carbonyl (C=O) groups is 1. The number of benzene rings is 1. The van der Waals surface area contributed by atoms with E-state index in [-0.39, 0.29) is 5.91 Å². The SMILES string of the molecule is CCCC(O)CNC(=O)C1Cc2cc(C)c(C)cc2O1. The Morgan fingerprint density at radius 1 is 1.45 bits per heavy atom. The number of fused-ring (bicyclic) bond motifs is 1. The molecule has 4 nitrogen and oxygen atoms in total. The van der Waals surface area contributed by atoms with E-state index in [9.17, 15) is 9.90 Å². The van der Waals surface area contributed by atoms with Crippen LogP contribution in [0.5, 0.6) is 5.75 Å². The zero-order chi connectivity index (χ0) is 14.7. The molecule has 0 radical (unpaired) electrons. The molecular formula is C16H23NO3. The van der Waals surface area contributed by atoms with Gasteiger partial charge in [-0.2, -0.15) is 0 Å². The number of nitrogens with one attached hydrogen (secondary N) is 1. The number of ether oxygens (including phenoxy) is 1. The summed E-state index contributed by atoms with van der Waals surface area (Å²) in [6, 6.07) is 4.08. The molecule has 2 N–H and O–H groups in total. The summed E-state index contributed by atoms with van der Waals surface area (Å²) in [5.74, 6) is 0.661. The third kappa shape index (κ3) is 3.31. The molecule has 2 atom stereocenters. The number of hydrogen-bond acceptors (Lipinski definition) is 3. The van der Waals surface area contributed by atoms with Crippen LogP contribution < -0.4 is 10.1 Å². The highest BCUT2D eigenvalue weighted by atomic mass is 16.5. The smallest absolute Gasteiger partial charge is 0.261 e. The van der Waals surface area contributed by atoms with Crippen molar-refractivity contribution in [2.24, 2.45) is 0 Å². The molecule has 1 aliphatic heterocycles. The molecule has 0 saturated heterocycles. The monoisotopic (exact) mass is 277 g/mol. The molecule has 1 aromatic rings. The molecule has 4 heteroatoms. The Balaban J connectivity index is 1.92. The van der Waals surface area contributed by atoms with Crippen molar-refractivity contribution in [3.8, 4) is 5.75 Å². The van der Waals surface area contributed by atoms with Crippen LogP contribution in [0.4, 0.5) is 0 Å². The summed E-state index contributed by atoms with van der Waals surface area (Å²) in [5.41, 5.74) is 3.47. The van der Waals surface area contributed by atoms with Crippen LogP contribution >= 0.6 is 0 Å². The highest BCUT2D eigenvalue weighted by molar-refractivity contribution is 5.82. The van der Waals surface area contributed by atoms with Crippen LogP contribution in [-0.2, 0) is 11.2 Å². The van der Waals surface area contributed by atoms with Crippen molar-refractivity contribution in [2.75, 3.05) is 6.54 Å². The molecule has 1 heterocycles. The molecule has 1 aliphatic rings. The van der Waals surface area contributed by atoms with E-state index in [1.54, 1.807) is 0 Å². The maximum absolute atomic E-state index is 12.0. The molecule has 0 fully saturated rings. The van der Waals surface area contributed by atoms with E-state index < -0.39 is 12.2 Å². The van der Waals surface area contributed by atoms with Crippen molar-refractivity contribution in [3.05, 3.63) is 28.8 Å². The van der Waals surface area contributed by atoms with Crippen molar-refractivity contribution in [1.82, 2.24) is 5.32 Å². The maximum atomic E-state index is 12.0. The van der Waals surface area contributed by atoms with Crippen LogP contribution in [0.3, 0.4) is 0 Å². The highest BCUT2D eigenvalue weighted by Crippen LogP contribution is 2.31. The zero-order valence-corrected chi connectivity index (χ0v) is 12.4. The Kier molecular flexibility index (Phi) is 4.65. The number of carbonyl (C=O) groups excluding carboxylic acids is 1. The van der Waals surface area contributed by atoms with Crippen LogP contribution in [0.15, 0.2) is 12.1 Å². The summed E-state index contributed by atoms with van der Waals surface area (Å²) in [5, 5.41) is 12.4. The number of hydrogen-bond donors (Lipinski definition) is 2. The van der Waals surface area contributed by atoms with Gasteiger partial charge in [-0.05, 0) is 43.0 Å². The summed E-state index contributed by atoms with van der Waals surface area (Å²) in [7, 11) is 0. The molecule has 2 rings (SSSR count). The summed E-state index contributed by atoms with van der Waals surface area (Å²) < 4.78 is 5.70. The molecule has 0 aliphatic carbocycles. The van der Waals surface area contributed by atoms with Gasteiger partial charge in [0.1, 0.15) is 5.75 Å². The Morgan fingerprint density at radius 3 is 2.85 bits per heavy atom. The normalized spacial score (nSPS) is 18.3. The van der Waals surface area contributed by atoms with Crippen LogP contribution in [0.2, 0.25) is 0 Å². The van der Waals surface area contributed by atoms with E-state index in [4.69, 9.17) is 4.74 Å². The summed E-state index contributed by atoms with van der Waals surface area (Å²) in [6.45, 7) is 6.39. The summed E-state index contributed by atoms with van der Waals surface area (Å²) in [4.78, 5) is 12.0. The average molecular weight is 277 g/mol. The first kappa shape index (κ1) is 14.9. The van der Waals surface area contributed by atoms with Gasteiger partial charge in [0.05, 0.1) is 6.10 Å². The first-order valence-electron chi connectivity index (χ1n) is 7.23.